The number of hydrogen-bond acceptors (Lipinski definition) is 4. The molecule has 146 valence electrons. The van der Waals surface area contributed by atoms with E-state index in [1.54, 1.807) is 29.4 Å². The Hall–Kier alpha value is -3.18. The molecule has 29 heavy (non-hydrogen) atoms. The molecule has 0 saturated heterocycles. The third kappa shape index (κ3) is 4.15. The van der Waals surface area contributed by atoms with Crippen molar-refractivity contribution in [2.24, 2.45) is 0 Å². The predicted octanol–water partition coefficient (Wildman–Crippen LogP) is 5.34. The molecule has 0 unspecified atom stereocenters. The van der Waals surface area contributed by atoms with Crippen molar-refractivity contribution in [3.05, 3.63) is 94.3 Å². The van der Waals surface area contributed by atoms with Crippen molar-refractivity contribution in [1.82, 2.24) is 14.9 Å². The van der Waals surface area contributed by atoms with E-state index in [4.69, 9.17) is 16.0 Å². The van der Waals surface area contributed by atoms with Gasteiger partial charge in [-0.15, -0.1) is 0 Å². The van der Waals surface area contributed by atoms with E-state index < -0.39 is 0 Å². The van der Waals surface area contributed by atoms with E-state index in [0.29, 0.717) is 18.2 Å². The third-order valence-corrected chi connectivity index (χ3v) is 5.08. The number of amides is 1. The first-order chi connectivity index (χ1) is 14.0. The first kappa shape index (κ1) is 19.2. The lowest BCUT2D eigenvalue weighted by Crippen LogP contribution is -2.30. The van der Waals surface area contributed by atoms with Crippen molar-refractivity contribution in [2.45, 2.75) is 26.9 Å². The normalized spacial score (nSPS) is 11.0. The second kappa shape index (κ2) is 8.05. The molecule has 0 aliphatic heterocycles. The molecule has 0 radical (unpaired) electrons. The van der Waals surface area contributed by atoms with Crippen LogP contribution in [0, 0.1) is 13.8 Å². The number of carbonyl (C=O) groups excluding carboxylic acids is 1. The van der Waals surface area contributed by atoms with Gasteiger partial charge in [-0.1, -0.05) is 29.3 Å². The summed E-state index contributed by atoms with van der Waals surface area (Å²) in [6.45, 7) is 4.76. The molecular weight excluding hydrogens is 386 g/mol. The number of rotatable bonds is 5. The van der Waals surface area contributed by atoms with Crippen molar-refractivity contribution < 1.29 is 9.21 Å². The van der Waals surface area contributed by atoms with Crippen molar-refractivity contribution in [2.75, 3.05) is 0 Å². The maximum absolute atomic E-state index is 13.0. The van der Waals surface area contributed by atoms with Crippen molar-refractivity contribution in [1.29, 1.82) is 0 Å². The van der Waals surface area contributed by atoms with E-state index >= 15 is 0 Å². The predicted molar refractivity (Wildman–Crippen MR) is 113 cm³/mol. The van der Waals surface area contributed by atoms with Crippen molar-refractivity contribution >= 4 is 28.4 Å². The minimum absolute atomic E-state index is 0.213. The van der Waals surface area contributed by atoms with Crippen molar-refractivity contribution in [3.63, 3.8) is 0 Å². The molecule has 5 nitrogen and oxygen atoms in total. The zero-order valence-electron chi connectivity index (χ0n) is 16.2. The van der Waals surface area contributed by atoms with Crippen LogP contribution in [0.3, 0.4) is 0 Å². The topological polar surface area (TPSA) is 59.2 Å². The Morgan fingerprint density at radius 2 is 2.00 bits per heavy atom. The zero-order valence-corrected chi connectivity index (χ0v) is 17.0. The smallest absolute Gasteiger partial charge is 0.290 e. The second-order valence-corrected chi connectivity index (χ2v) is 7.45. The number of hydrogen-bond donors (Lipinski definition) is 0. The second-order valence-electron chi connectivity index (χ2n) is 7.09. The maximum Gasteiger partial charge on any atom is 0.290 e. The first-order valence-electron chi connectivity index (χ1n) is 9.29. The van der Waals surface area contributed by atoms with Crippen LogP contribution >= 0.6 is 11.6 Å². The third-order valence-electron chi connectivity index (χ3n) is 4.76. The molecule has 0 aliphatic rings. The summed E-state index contributed by atoms with van der Waals surface area (Å²) in [5, 5.41) is 1.40. The number of benzene rings is 1. The number of fused-ring (bicyclic) bond motifs is 1. The Labute approximate surface area is 174 Å². The molecule has 0 bridgehead atoms. The van der Waals surface area contributed by atoms with E-state index in [1.165, 1.54) is 6.26 Å². The maximum atomic E-state index is 13.0. The van der Waals surface area contributed by atoms with Crippen molar-refractivity contribution in [3.8, 4) is 0 Å². The quantitative estimate of drug-likeness (QED) is 0.421. The summed E-state index contributed by atoms with van der Waals surface area (Å²) in [6.07, 6.45) is 4.94. The van der Waals surface area contributed by atoms with Gasteiger partial charge in [0.15, 0.2) is 5.76 Å². The minimum atomic E-state index is -0.213. The molecule has 3 heterocycles. The largest absolute Gasteiger partial charge is 0.459 e. The molecule has 0 atom stereocenters. The van der Waals surface area contributed by atoms with Gasteiger partial charge in [-0.25, -0.2) is 4.98 Å². The SMILES string of the molecule is Cc1cc(C)c2nc(Cl)c(CN(Cc3cccnc3)C(=O)c3ccco3)cc2c1. The summed E-state index contributed by atoms with van der Waals surface area (Å²) < 4.78 is 5.33. The Balaban J connectivity index is 1.71. The molecule has 1 amide bonds. The average molecular weight is 406 g/mol. The van der Waals surface area contributed by atoms with Gasteiger partial charge in [-0.05, 0) is 55.3 Å². The van der Waals surface area contributed by atoms with Gasteiger partial charge in [0.05, 0.1) is 11.8 Å². The molecule has 1 aromatic carbocycles. The van der Waals surface area contributed by atoms with E-state index in [0.717, 1.165) is 33.2 Å². The van der Waals surface area contributed by atoms with Gasteiger partial charge in [-0.3, -0.25) is 9.78 Å². The van der Waals surface area contributed by atoms with Gasteiger partial charge in [-0.2, -0.15) is 0 Å². The summed E-state index contributed by atoms with van der Waals surface area (Å²) >= 11 is 6.51. The molecule has 4 rings (SSSR count). The fourth-order valence-corrected chi connectivity index (χ4v) is 3.66. The van der Waals surface area contributed by atoms with E-state index in [9.17, 15) is 4.79 Å². The lowest BCUT2D eigenvalue weighted by atomic mass is 10.1. The summed E-state index contributed by atoms with van der Waals surface area (Å²) in [6, 6.07) is 13.3. The highest BCUT2D eigenvalue weighted by atomic mass is 35.5. The summed E-state index contributed by atoms with van der Waals surface area (Å²) in [7, 11) is 0. The van der Waals surface area contributed by atoms with Crippen LogP contribution in [0.4, 0.5) is 0 Å². The summed E-state index contributed by atoms with van der Waals surface area (Å²) in [4.78, 5) is 23.5. The monoisotopic (exact) mass is 405 g/mol. The van der Waals surface area contributed by atoms with Crippen LogP contribution in [-0.2, 0) is 13.1 Å². The highest BCUT2D eigenvalue weighted by Gasteiger charge is 2.21. The fourth-order valence-electron chi connectivity index (χ4n) is 3.46. The van der Waals surface area contributed by atoms with Gasteiger partial charge < -0.3 is 9.32 Å². The van der Waals surface area contributed by atoms with E-state index in [-0.39, 0.29) is 11.7 Å². The number of carbonyl (C=O) groups is 1. The van der Waals surface area contributed by atoms with Gasteiger partial charge in [0, 0.05) is 36.4 Å². The van der Waals surface area contributed by atoms with Gasteiger partial charge in [0.25, 0.3) is 5.91 Å². The van der Waals surface area contributed by atoms with Crippen LogP contribution < -0.4 is 0 Å². The van der Waals surface area contributed by atoms with Crippen LogP contribution in [0.2, 0.25) is 5.15 Å². The zero-order chi connectivity index (χ0) is 20.4. The average Bonchev–Trinajstić information content (AvgIpc) is 3.24. The standard InChI is InChI=1S/C23H20ClN3O2/c1-15-9-16(2)21-18(10-15)11-19(22(24)26-21)14-27(13-17-5-3-7-25-12-17)23(28)20-6-4-8-29-20/h3-12H,13-14H2,1-2H3. The number of nitrogens with zero attached hydrogens (tertiary/aromatic N) is 3. The molecule has 3 aromatic heterocycles. The number of pyridine rings is 2. The number of aromatic nitrogens is 2. The first-order valence-corrected chi connectivity index (χ1v) is 9.67. The Kier molecular flexibility index (Phi) is 5.32. The number of furan rings is 1. The van der Waals surface area contributed by atoms with Gasteiger partial charge in [0.2, 0.25) is 0 Å². The van der Waals surface area contributed by atoms with Crippen LogP contribution in [-0.4, -0.2) is 20.8 Å². The van der Waals surface area contributed by atoms with Crippen LogP contribution in [0.15, 0.2) is 65.5 Å². The van der Waals surface area contributed by atoms with E-state index in [1.807, 2.05) is 25.1 Å². The highest BCUT2D eigenvalue weighted by Crippen LogP contribution is 2.26. The molecule has 4 aromatic rings. The molecular formula is C23H20ClN3O2. The van der Waals surface area contributed by atoms with E-state index in [2.05, 4.69) is 29.0 Å². The Bertz CT molecular complexity index is 1160. The van der Waals surface area contributed by atoms with Gasteiger partial charge in [0.1, 0.15) is 5.15 Å². The molecule has 0 N–H and O–H groups in total. The lowest BCUT2D eigenvalue weighted by molar-refractivity contribution is 0.0697. The van der Waals surface area contributed by atoms with Crippen LogP contribution in [0.1, 0.15) is 32.8 Å². The molecule has 0 aliphatic carbocycles. The number of halogens is 1. The summed E-state index contributed by atoms with van der Waals surface area (Å²) in [5.74, 6) is 0.0703. The van der Waals surface area contributed by atoms with Crippen LogP contribution in [0.25, 0.3) is 10.9 Å². The summed E-state index contributed by atoms with van der Waals surface area (Å²) in [5.41, 5.74) is 4.81. The lowest BCUT2D eigenvalue weighted by Gasteiger charge is -2.22. The molecule has 0 fully saturated rings. The fraction of sp³-hybridized carbons (Fsp3) is 0.174. The Morgan fingerprint density at radius 3 is 2.72 bits per heavy atom. The van der Waals surface area contributed by atoms with Gasteiger partial charge >= 0.3 is 0 Å². The molecule has 0 spiro atoms. The number of aryl methyl sites for hydroxylation is 2. The van der Waals surface area contributed by atoms with Crippen LogP contribution in [0.5, 0.6) is 0 Å². The highest BCUT2D eigenvalue weighted by molar-refractivity contribution is 6.30. The minimum Gasteiger partial charge on any atom is -0.459 e. The molecule has 0 saturated carbocycles. The Morgan fingerprint density at radius 1 is 1.14 bits per heavy atom. The molecule has 6 heteroatoms.